The molecule has 5 heteroatoms. The van der Waals surface area contributed by atoms with Crippen LogP contribution >= 0.6 is 0 Å². The van der Waals surface area contributed by atoms with Gasteiger partial charge in [0, 0.05) is 24.2 Å². The molecule has 1 unspecified atom stereocenters. The van der Waals surface area contributed by atoms with Crippen LogP contribution < -0.4 is 14.8 Å². The molecular weight excluding hydrogens is 242 g/mol. The first-order valence-corrected chi connectivity index (χ1v) is 6.33. The number of ether oxygens (including phenoxy) is 2. The molecule has 19 heavy (non-hydrogen) atoms. The van der Waals surface area contributed by atoms with Gasteiger partial charge in [-0.1, -0.05) is 0 Å². The number of anilines is 1. The number of benzene rings is 1. The van der Waals surface area contributed by atoms with Crippen molar-refractivity contribution < 1.29 is 9.47 Å². The Morgan fingerprint density at radius 3 is 2.95 bits per heavy atom. The SMILES string of the molecule is COc1ccc(C2CCNc3ccnn32)c(OC)c1. The molecule has 0 bridgehead atoms. The van der Waals surface area contributed by atoms with Gasteiger partial charge in [-0.3, -0.25) is 0 Å². The van der Waals surface area contributed by atoms with Crippen molar-refractivity contribution in [3.63, 3.8) is 0 Å². The molecule has 3 rings (SSSR count). The minimum Gasteiger partial charge on any atom is -0.497 e. The zero-order valence-corrected chi connectivity index (χ0v) is 11.1. The molecule has 1 atom stereocenters. The molecule has 5 nitrogen and oxygen atoms in total. The molecule has 0 aliphatic carbocycles. The van der Waals surface area contributed by atoms with Crippen LogP contribution in [0.4, 0.5) is 5.82 Å². The Morgan fingerprint density at radius 1 is 1.26 bits per heavy atom. The lowest BCUT2D eigenvalue weighted by molar-refractivity contribution is 0.379. The van der Waals surface area contributed by atoms with E-state index in [1.165, 1.54) is 0 Å². The number of aromatic nitrogens is 2. The first kappa shape index (κ1) is 11.9. The molecule has 1 aliphatic rings. The van der Waals surface area contributed by atoms with E-state index in [-0.39, 0.29) is 6.04 Å². The number of nitrogens with one attached hydrogen (secondary N) is 1. The van der Waals surface area contributed by atoms with Gasteiger partial charge in [0.15, 0.2) is 0 Å². The third-order valence-electron chi connectivity index (χ3n) is 3.49. The fourth-order valence-corrected chi connectivity index (χ4v) is 2.54. The number of methoxy groups -OCH3 is 2. The van der Waals surface area contributed by atoms with Crippen LogP contribution in [-0.2, 0) is 0 Å². The van der Waals surface area contributed by atoms with E-state index in [9.17, 15) is 0 Å². The second-order valence-electron chi connectivity index (χ2n) is 4.50. The van der Waals surface area contributed by atoms with Crippen molar-refractivity contribution in [3.05, 3.63) is 36.0 Å². The van der Waals surface area contributed by atoms with Crippen molar-refractivity contribution in [2.45, 2.75) is 12.5 Å². The monoisotopic (exact) mass is 259 g/mol. The summed E-state index contributed by atoms with van der Waals surface area (Å²) in [6.07, 6.45) is 2.80. The van der Waals surface area contributed by atoms with Crippen LogP contribution in [0.2, 0.25) is 0 Å². The zero-order chi connectivity index (χ0) is 13.2. The first-order valence-electron chi connectivity index (χ1n) is 6.33. The summed E-state index contributed by atoms with van der Waals surface area (Å²) in [4.78, 5) is 0. The van der Waals surface area contributed by atoms with E-state index in [4.69, 9.17) is 9.47 Å². The first-order chi connectivity index (χ1) is 9.33. The molecule has 0 radical (unpaired) electrons. The highest BCUT2D eigenvalue weighted by Gasteiger charge is 2.24. The minimum atomic E-state index is 0.201. The lowest BCUT2D eigenvalue weighted by Crippen LogP contribution is -2.24. The summed E-state index contributed by atoms with van der Waals surface area (Å²) < 4.78 is 12.7. The van der Waals surface area contributed by atoms with Gasteiger partial charge in [0.1, 0.15) is 17.3 Å². The van der Waals surface area contributed by atoms with E-state index in [0.717, 1.165) is 35.8 Å². The van der Waals surface area contributed by atoms with Gasteiger partial charge in [0.05, 0.1) is 26.5 Å². The second kappa shape index (κ2) is 4.84. The Kier molecular flexibility index (Phi) is 3.03. The number of nitrogens with zero attached hydrogens (tertiary/aromatic N) is 2. The minimum absolute atomic E-state index is 0.201. The van der Waals surface area contributed by atoms with E-state index < -0.39 is 0 Å². The maximum absolute atomic E-state index is 5.49. The summed E-state index contributed by atoms with van der Waals surface area (Å²) >= 11 is 0. The fraction of sp³-hybridized carbons (Fsp3) is 0.357. The summed E-state index contributed by atoms with van der Waals surface area (Å²) in [5, 5.41) is 7.74. The van der Waals surface area contributed by atoms with Crippen LogP contribution in [0.1, 0.15) is 18.0 Å². The maximum Gasteiger partial charge on any atom is 0.127 e. The van der Waals surface area contributed by atoms with E-state index in [2.05, 4.69) is 16.5 Å². The van der Waals surface area contributed by atoms with Gasteiger partial charge >= 0.3 is 0 Å². The molecule has 1 aliphatic heterocycles. The van der Waals surface area contributed by atoms with Crippen molar-refractivity contribution in [2.75, 3.05) is 26.1 Å². The number of fused-ring (bicyclic) bond motifs is 1. The molecule has 1 aromatic carbocycles. The number of hydrogen-bond acceptors (Lipinski definition) is 4. The predicted molar refractivity (Wildman–Crippen MR) is 73.0 cm³/mol. The summed E-state index contributed by atoms with van der Waals surface area (Å²) in [6.45, 7) is 0.936. The van der Waals surface area contributed by atoms with E-state index >= 15 is 0 Å². The highest BCUT2D eigenvalue weighted by Crippen LogP contribution is 2.36. The Bertz CT molecular complexity index is 580. The van der Waals surface area contributed by atoms with Gasteiger partial charge in [-0.15, -0.1) is 0 Å². The Morgan fingerprint density at radius 2 is 2.16 bits per heavy atom. The standard InChI is InChI=1S/C14H17N3O2/c1-18-10-3-4-11(13(9-10)19-2)12-5-7-15-14-6-8-16-17(12)14/h3-4,6,8-9,12,15H,5,7H2,1-2H3. The normalized spacial score (nSPS) is 17.5. The van der Waals surface area contributed by atoms with Gasteiger partial charge in [-0.2, -0.15) is 5.10 Å². The van der Waals surface area contributed by atoms with Gasteiger partial charge < -0.3 is 14.8 Å². The Labute approximate surface area is 112 Å². The van der Waals surface area contributed by atoms with Crippen molar-refractivity contribution >= 4 is 5.82 Å². The molecule has 1 N–H and O–H groups in total. The van der Waals surface area contributed by atoms with Crippen LogP contribution in [0.25, 0.3) is 0 Å². The van der Waals surface area contributed by atoms with Gasteiger partial charge in [-0.05, 0) is 18.6 Å². The second-order valence-corrected chi connectivity index (χ2v) is 4.50. The largest absolute Gasteiger partial charge is 0.497 e. The van der Waals surface area contributed by atoms with E-state index in [1.807, 2.05) is 29.1 Å². The molecule has 0 amide bonds. The fourth-order valence-electron chi connectivity index (χ4n) is 2.54. The van der Waals surface area contributed by atoms with Gasteiger partial charge in [0.25, 0.3) is 0 Å². The van der Waals surface area contributed by atoms with Crippen LogP contribution in [-0.4, -0.2) is 30.5 Å². The summed E-state index contributed by atoms with van der Waals surface area (Å²) in [7, 11) is 3.34. The summed E-state index contributed by atoms with van der Waals surface area (Å²) in [6, 6.07) is 8.12. The third-order valence-corrected chi connectivity index (χ3v) is 3.49. The highest BCUT2D eigenvalue weighted by molar-refractivity contribution is 5.46. The van der Waals surface area contributed by atoms with Crippen molar-refractivity contribution in [2.24, 2.45) is 0 Å². The molecule has 100 valence electrons. The quantitative estimate of drug-likeness (QED) is 0.919. The lowest BCUT2D eigenvalue weighted by Gasteiger charge is -2.27. The molecule has 1 aromatic heterocycles. The van der Waals surface area contributed by atoms with Crippen LogP contribution in [0, 0.1) is 0 Å². The Balaban J connectivity index is 2.04. The van der Waals surface area contributed by atoms with Crippen LogP contribution in [0.5, 0.6) is 11.5 Å². The molecule has 0 fully saturated rings. The number of hydrogen-bond donors (Lipinski definition) is 1. The van der Waals surface area contributed by atoms with E-state index in [0.29, 0.717) is 0 Å². The molecule has 0 spiro atoms. The maximum atomic E-state index is 5.49. The average Bonchev–Trinajstić information content (AvgIpc) is 2.95. The van der Waals surface area contributed by atoms with Crippen molar-refractivity contribution in [1.82, 2.24) is 9.78 Å². The third kappa shape index (κ3) is 2.01. The predicted octanol–water partition coefficient (Wildman–Crippen LogP) is 2.31. The summed E-state index contributed by atoms with van der Waals surface area (Å²) in [5.74, 6) is 2.69. The molecule has 2 heterocycles. The summed E-state index contributed by atoms with van der Waals surface area (Å²) in [5.41, 5.74) is 1.13. The van der Waals surface area contributed by atoms with Gasteiger partial charge in [-0.25, -0.2) is 4.68 Å². The smallest absolute Gasteiger partial charge is 0.127 e. The topological polar surface area (TPSA) is 48.3 Å². The number of rotatable bonds is 3. The molecular formula is C14H17N3O2. The van der Waals surface area contributed by atoms with Crippen molar-refractivity contribution in [3.8, 4) is 11.5 Å². The molecule has 0 saturated heterocycles. The zero-order valence-electron chi connectivity index (χ0n) is 11.1. The lowest BCUT2D eigenvalue weighted by atomic mass is 10.0. The van der Waals surface area contributed by atoms with Crippen LogP contribution in [0.15, 0.2) is 30.5 Å². The molecule has 2 aromatic rings. The highest BCUT2D eigenvalue weighted by atomic mass is 16.5. The van der Waals surface area contributed by atoms with Crippen molar-refractivity contribution in [1.29, 1.82) is 0 Å². The van der Waals surface area contributed by atoms with Crippen LogP contribution in [0.3, 0.4) is 0 Å². The van der Waals surface area contributed by atoms with E-state index in [1.54, 1.807) is 14.2 Å². The average molecular weight is 259 g/mol. The Hall–Kier alpha value is -2.17. The van der Waals surface area contributed by atoms with Gasteiger partial charge in [0.2, 0.25) is 0 Å². The molecule has 0 saturated carbocycles.